The number of anilines is 1. The second-order valence-corrected chi connectivity index (χ2v) is 7.32. The average molecular weight is 410 g/mol. The van der Waals surface area contributed by atoms with Crippen molar-refractivity contribution < 1.29 is 19.5 Å². The van der Waals surface area contributed by atoms with E-state index < -0.39 is 12.0 Å². The standard InChI is InChI=1S/C22H26N4O4/c1-15-6-9-23-19(12-15)24-10-7-20(27)25-14-21(28)26-11-8-16-4-2-3-5-17(16)18(26)13-22(29)30/h2-6,9,12,18H,7-8,10-11,13-14H2,1H3,(H,23,24)(H,25,27)(H,29,30). The van der Waals surface area contributed by atoms with Crippen molar-refractivity contribution in [2.75, 3.05) is 25.0 Å². The highest BCUT2D eigenvalue weighted by Crippen LogP contribution is 2.32. The Bertz CT molecular complexity index is 931. The monoisotopic (exact) mass is 410 g/mol. The molecule has 0 saturated carbocycles. The maximum atomic E-state index is 12.7. The van der Waals surface area contributed by atoms with Gasteiger partial charge in [-0.1, -0.05) is 24.3 Å². The average Bonchev–Trinajstić information content (AvgIpc) is 2.72. The number of pyridine rings is 1. The summed E-state index contributed by atoms with van der Waals surface area (Å²) < 4.78 is 0. The normalized spacial score (nSPS) is 15.2. The Morgan fingerprint density at radius 2 is 2.03 bits per heavy atom. The zero-order valence-electron chi connectivity index (χ0n) is 16.9. The first-order chi connectivity index (χ1) is 14.4. The number of hydrogen-bond acceptors (Lipinski definition) is 5. The molecule has 0 fully saturated rings. The molecule has 1 aromatic heterocycles. The van der Waals surface area contributed by atoms with Gasteiger partial charge in [-0.05, 0) is 42.2 Å². The first-order valence-electron chi connectivity index (χ1n) is 9.96. The lowest BCUT2D eigenvalue weighted by molar-refractivity contribution is -0.141. The third-order valence-corrected chi connectivity index (χ3v) is 5.11. The maximum Gasteiger partial charge on any atom is 0.305 e. The lowest BCUT2D eigenvalue weighted by Crippen LogP contribution is -2.45. The zero-order chi connectivity index (χ0) is 21.5. The smallest absolute Gasteiger partial charge is 0.305 e. The fourth-order valence-corrected chi connectivity index (χ4v) is 3.64. The molecule has 2 heterocycles. The summed E-state index contributed by atoms with van der Waals surface area (Å²) >= 11 is 0. The molecule has 0 aliphatic carbocycles. The molecule has 0 saturated heterocycles. The predicted octanol–water partition coefficient (Wildman–Crippen LogP) is 1.91. The highest BCUT2D eigenvalue weighted by Gasteiger charge is 2.32. The third kappa shape index (κ3) is 5.56. The summed E-state index contributed by atoms with van der Waals surface area (Å²) in [6, 6.07) is 10.8. The van der Waals surface area contributed by atoms with Crippen molar-refractivity contribution in [2.45, 2.75) is 32.2 Å². The van der Waals surface area contributed by atoms with E-state index in [0.717, 1.165) is 16.7 Å². The van der Waals surface area contributed by atoms with Crippen LogP contribution in [0, 0.1) is 6.92 Å². The Labute approximate surface area is 175 Å². The number of amides is 2. The number of aryl methyl sites for hydroxylation is 1. The molecule has 30 heavy (non-hydrogen) atoms. The summed E-state index contributed by atoms with van der Waals surface area (Å²) in [6.07, 6.45) is 2.40. The van der Waals surface area contributed by atoms with Gasteiger partial charge >= 0.3 is 5.97 Å². The Balaban J connectivity index is 1.52. The Morgan fingerprint density at radius 1 is 1.23 bits per heavy atom. The number of aliphatic carboxylic acids is 1. The van der Waals surface area contributed by atoms with Crippen molar-refractivity contribution in [1.29, 1.82) is 0 Å². The van der Waals surface area contributed by atoms with Gasteiger partial charge in [0.1, 0.15) is 5.82 Å². The number of aromatic nitrogens is 1. The van der Waals surface area contributed by atoms with Crippen LogP contribution in [0.15, 0.2) is 42.6 Å². The number of fused-ring (bicyclic) bond motifs is 1. The van der Waals surface area contributed by atoms with Crippen LogP contribution in [0.3, 0.4) is 0 Å². The summed E-state index contributed by atoms with van der Waals surface area (Å²) in [7, 11) is 0. The number of nitrogens with one attached hydrogen (secondary N) is 2. The highest BCUT2D eigenvalue weighted by molar-refractivity contribution is 5.85. The maximum absolute atomic E-state index is 12.7. The van der Waals surface area contributed by atoms with Gasteiger partial charge < -0.3 is 20.6 Å². The number of carbonyl (C=O) groups excluding carboxylic acids is 2. The van der Waals surface area contributed by atoms with Crippen LogP contribution in [0.4, 0.5) is 5.82 Å². The fourth-order valence-electron chi connectivity index (χ4n) is 3.64. The Morgan fingerprint density at radius 3 is 2.80 bits per heavy atom. The topological polar surface area (TPSA) is 112 Å². The van der Waals surface area contributed by atoms with Crippen LogP contribution < -0.4 is 10.6 Å². The van der Waals surface area contributed by atoms with E-state index in [0.29, 0.717) is 25.3 Å². The van der Waals surface area contributed by atoms with Crippen LogP contribution in [-0.2, 0) is 20.8 Å². The van der Waals surface area contributed by atoms with Crippen molar-refractivity contribution in [2.24, 2.45) is 0 Å². The van der Waals surface area contributed by atoms with Crippen LogP contribution in [0.2, 0.25) is 0 Å². The number of carboxylic acid groups (broad SMARTS) is 1. The molecule has 2 amide bonds. The number of benzene rings is 1. The van der Waals surface area contributed by atoms with Gasteiger partial charge in [0.25, 0.3) is 0 Å². The SMILES string of the molecule is Cc1ccnc(NCCC(=O)NCC(=O)N2CCc3ccccc3C2CC(=O)O)c1. The van der Waals surface area contributed by atoms with E-state index in [-0.39, 0.29) is 31.2 Å². The minimum atomic E-state index is -0.964. The van der Waals surface area contributed by atoms with E-state index >= 15 is 0 Å². The number of rotatable bonds is 8. The van der Waals surface area contributed by atoms with Gasteiger partial charge in [0.15, 0.2) is 0 Å². The lowest BCUT2D eigenvalue weighted by atomic mass is 9.90. The molecular formula is C22H26N4O4. The van der Waals surface area contributed by atoms with Gasteiger partial charge in [-0.2, -0.15) is 0 Å². The third-order valence-electron chi connectivity index (χ3n) is 5.11. The van der Waals surface area contributed by atoms with E-state index in [1.807, 2.05) is 43.3 Å². The van der Waals surface area contributed by atoms with Crippen molar-refractivity contribution in [3.05, 3.63) is 59.3 Å². The van der Waals surface area contributed by atoms with E-state index in [4.69, 9.17) is 0 Å². The molecular weight excluding hydrogens is 384 g/mol. The fraction of sp³-hybridized carbons (Fsp3) is 0.364. The molecule has 2 aromatic rings. The van der Waals surface area contributed by atoms with E-state index in [2.05, 4.69) is 15.6 Å². The van der Waals surface area contributed by atoms with Crippen LogP contribution in [0.5, 0.6) is 0 Å². The quantitative estimate of drug-likeness (QED) is 0.613. The zero-order valence-corrected chi connectivity index (χ0v) is 16.9. The first-order valence-corrected chi connectivity index (χ1v) is 9.96. The summed E-state index contributed by atoms with van der Waals surface area (Å²) in [4.78, 5) is 41.9. The Hall–Kier alpha value is -3.42. The van der Waals surface area contributed by atoms with Crippen molar-refractivity contribution in [3.63, 3.8) is 0 Å². The molecule has 0 spiro atoms. The van der Waals surface area contributed by atoms with E-state index in [9.17, 15) is 19.5 Å². The van der Waals surface area contributed by atoms with E-state index in [1.165, 1.54) is 0 Å². The highest BCUT2D eigenvalue weighted by atomic mass is 16.4. The summed E-state index contributed by atoms with van der Waals surface area (Å²) in [5, 5.41) is 15.0. The van der Waals surface area contributed by atoms with Crippen molar-refractivity contribution >= 4 is 23.6 Å². The van der Waals surface area contributed by atoms with Crippen LogP contribution in [0.1, 0.15) is 35.6 Å². The molecule has 0 radical (unpaired) electrons. The number of nitrogens with zero attached hydrogens (tertiary/aromatic N) is 2. The Kier molecular flexibility index (Phi) is 7.00. The van der Waals surface area contributed by atoms with Crippen LogP contribution >= 0.6 is 0 Å². The van der Waals surface area contributed by atoms with Gasteiger partial charge in [-0.3, -0.25) is 14.4 Å². The van der Waals surface area contributed by atoms with E-state index in [1.54, 1.807) is 11.1 Å². The molecule has 8 heteroatoms. The minimum absolute atomic E-state index is 0.153. The number of hydrogen-bond donors (Lipinski definition) is 3. The molecule has 1 aliphatic heterocycles. The molecule has 1 aromatic carbocycles. The van der Waals surface area contributed by atoms with Gasteiger partial charge in [0.2, 0.25) is 11.8 Å². The number of carbonyl (C=O) groups is 3. The molecule has 1 unspecified atom stereocenters. The van der Waals surface area contributed by atoms with Crippen LogP contribution in [0.25, 0.3) is 0 Å². The number of carboxylic acids is 1. The van der Waals surface area contributed by atoms with Crippen LogP contribution in [-0.4, -0.2) is 52.4 Å². The van der Waals surface area contributed by atoms with Gasteiger partial charge in [-0.15, -0.1) is 0 Å². The molecule has 0 bridgehead atoms. The van der Waals surface area contributed by atoms with Crippen molar-refractivity contribution in [1.82, 2.24) is 15.2 Å². The lowest BCUT2D eigenvalue weighted by Gasteiger charge is -2.36. The minimum Gasteiger partial charge on any atom is -0.481 e. The molecule has 3 rings (SSSR count). The predicted molar refractivity (Wildman–Crippen MR) is 112 cm³/mol. The summed E-state index contributed by atoms with van der Waals surface area (Å²) in [5.41, 5.74) is 3.00. The van der Waals surface area contributed by atoms with Gasteiger partial charge in [0.05, 0.1) is 19.0 Å². The van der Waals surface area contributed by atoms with Gasteiger partial charge in [-0.25, -0.2) is 4.98 Å². The van der Waals surface area contributed by atoms with Gasteiger partial charge in [0, 0.05) is 25.7 Å². The molecule has 1 aliphatic rings. The molecule has 8 nitrogen and oxygen atoms in total. The summed E-state index contributed by atoms with van der Waals surface area (Å²) in [5.74, 6) is -0.801. The molecule has 3 N–H and O–H groups in total. The largest absolute Gasteiger partial charge is 0.481 e. The second-order valence-electron chi connectivity index (χ2n) is 7.32. The molecule has 158 valence electrons. The first kappa shape index (κ1) is 21.3. The second kappa shape index (κ2) is 9.87. The molecule has 1 atom stereocenters. The van der Waals surface area contributed by atoms with Crippen molar-refractivity contribution in [3.8, 4) is 0 Å². The summed E-state index contributed by atoms with van der Waals surface area (Å²) in [6.45, 7) is 2.64.